The number of halogens is 2. The Morgan fingerprint density at radius 3 is 2.47 bits per heavy atom. The van der Waals surface area contributed by atoms with E-state index in [2.05, 4.69) is 62.9 Å². The molecule has 0 unspecified atom stereocenters. The number of imidazole rings is 1. The normalized spacial score (nSPS) is 10.5. The van der Waals surface area contributed by atoms with E-state index in [0.717, 1.165) is 31.6 Å². The topological polar surface area (TPSA) is 17.8 Å². The first-order valence-electron chi connectivity index (χ1n) is 6.53. The van der Waals surface area contributed by atoms with E-state index in [1.807, 2.05) is 0 Å². The molecule has 0 amide bonds. The van der Waals surface area contributed by atoms with Gasteiger partial charge in [-0.3, -0.25) is 0 Å². The monoisotopic (exact) mass is 349 g/mol. The summed E-state index contributed by atoms with van der Waals surface area (Å²) in [5.41, 5.74) is 2.41. The van der Waals surface area contributed by atoms with Gasteiger partial charge in [0.1, 0.15) is 5.82 Å². The fraction of sp³-hybridized carbons (Fsp3) is 0.500. The first kappa shape index (κ1) is 16.8. The standard InChI is InChI=1S/C14H20N2.2ClH.Cu/c1-3-5-6-11-14-15-12-9-7-8-10-13(12)16(14)4-2;;;/h7-10H,3-6,11H2,1-2H3;2*1H;/q;;;+2/p-2. The van der Waals surface area contributed by atoms with Gasteiger partial charge in [-0.2, -0.15) is 0 Å². The fourth-order valence-electron chi connectivity index (χ4n) is 2.20. The van der Waals surface area contributed by atoms with Crippen LogP contribution in [-0.2, 0) is 26.1 Å². The van der Waals surface area contributed by atoms with Crippen LogP contribution in [0.15, 0.2) is 24.3 Å². The van der Waals surface area contributed by atoms with Crippen molar-refractivity contribution in [3.63, 3.8) is 0 Å². The Bertz CT molecular complexity index is 485. The minimum absolute atomic E-state index is 0.757. The Morgan fingerprint density at radius 2 is 1.84 bits per heavy atom. The summed E-state index contributed by atoms with van der Waals surface area (Å²) in [6.45, 7) is 5.45. The first-order valence-corrected chi connectivity index (χ1v) is 9.13. The summed E-state index contributed by atoms with van der Waals surface area (Å²) >= 11 is 0.757. The third kappa shape index (κ3) is 5.00. The molecular weight excluding hydrogens is 331 g/mol. The Balaban J connectivity index is 0.000000550. The van der Waals surface area contributed by atoms with Gasteiger partial charge in [0.2, 0.25) is 0 Å². The molecule has 0 N–H and O–H groups in total. The number of hydrogen-bond donors (Lipinski definition) is 0. The van der Waals surface area contributed by atoms with Crippen molar-refractivity contribution < 1.29 is 13.1 Å². The summed E-state index contributed by atoms with van der Waals surface area (Å²) in [5, 5.41) is 0. The van der Waals surface area contributed by atoms with Gasteiger partial charge in [-0.15, -0.1) is 0 Å². The van der Waals surface area contributed by atoms with E-state index in [-0.39, 0.29) is 0 Å². The zero-order valence-electron chi connectivity index (χ0n) is 11.3. The number of unbranched alkanes of at least 4 members (excludes halogenated alkanes) is 2. The van der Waals surface area contributed by atoms with Gasteiger partial charge in [0.25, 0.3) is 0 Å². The van der Waals surface area contributed by atoms with Crippen molar-refractivity contribution in [2.45, 2.75) is 46.1 Å². The molecule has 1 aromatic heterocycles. The number of fused-ring (bicyclic) bond motifs is 1. The molecule has 1 aromatic carbocycles. The molecule has 0 radical (unpaired) electrons. The summed E-state index contributed by atoms with van der Waals surface area (Å²) < 4.78 is 2.34. The molecule has 0 aliphatic carbocycles. The number of benzene rings is 1. The SMILES string of the molecule is CCCCCc1nc2ccccc2n1CC.[Cl][Cu][Cl]. The van der Waals surface area contributed by atoms with Crippen molar-refractivity contribution in [1.29, 1.82) is 0 Å². The van der Waals surface area contributed by atoms with Gasteiger partial charge < -0.3 is 4.57 Å². The Hall–Kier alpha value is -0.211. The van der Waals surface area contributed by atoms with Gasteiger partial charge >= 0.3 is 33.3 Å². The van der Waals surface area contributed by atoms with Gasteiger partial charge in [0, 0.05) is 13.0 Å². The Kier molecular flexibility index (Phi) is 8.56. The number of aromatic nitrogens is 2. The van der Waals surface area contributed by atoms with E-state index in [1.54, 1.807) is 0 Å². The van der Waals surface area contributed by atoms with E-state index in [9.17, 15) is 0 Å². The van der Waals surface area contributed by atoms with Crippen LogP contribution in [0.2, 0.25) is 0 Å². The van der Waals surface area contributed by atoms with Crippen molar-refractivity contribution in [2.75, 3.05) is 0 Å². The van der Waals surface area contributed by atoms with Crippen molar-refractivity contribution in [3.05, 3.63) is 30.1 Å². The van der Waals surface area contributed by atoms with Gasteiger partial charge in [0.15, 0.2) is 0 Å². The van der Waals surface area contributed by atoms with Gasteiger partial charge in [-0.1, -0.05) is 31.9 Å². The van der Waals surface area contributed by atoms with Crippen LogP contribution >= 0.6 is 20.2 Å². The number of aryl methyl sites for hydroxylation is 2. The molecule has 0 saturated heterocycles. The second-order valence-electron chi connectivity index (χ2n) is 4.26. The van der Waals surface area contributed by atoms with Crippen molar-refractivity contribution in [2.24, 2.45) is 0 Å². The summed E-state index contributed by atoms with van der Waals surface area (Å²) in [4.78, 5) is 4.72. The van der Waals surface area contributed by atoms with E-state index >= 15 is 0 Å². The van der Waals surface area contributed by atoms with Crippen LogP contribution in [0.5, 0.6) is 0 Å². The van der Waals surface area contributed by atoms with Crippen LogP contribution in [0.25, 0.3) is 11.0 Å². The first-order chi connectivity index (χ1) is 9.28. The quantitative estimate of drug-likeness (QED) is 0.537. The molecule has 0 fully saturated rings. The molecule has 0 spiro atoms. The summed E-state index contributed by atoms with van der Waals surface area (Å²) in [5.74, 6) is 1.25. The Labute approximate surface area is 130 Å². The van der Waals surface area contributed by atoms with Crippen molar-refractivity contribution in [1.82, 2.24) is 9.55 Å². The third-order valence-electron chi connectivity index (χ3n) is 3.05. The Morgan fingerprint density at radius 1 is 1.16 bits per heavy atom. The molecule has 0 bridgehead atoms. The maximum atomic E-state index is 4.72. The average molecular weight is 351 g/mol. The van der Waals surface area contributed by atoms with E-state index in [1.165, 1.54) is 30.6 Å². The summed E-state index contributed by atoms with van der Waals surface area (Å²) in [6, 6.07) is 8.41. The molecule has 5 heteroatoms. The van der Waals surface area contributed by atoms with Gasteiger partial charge in [-0.05, 0) is 25.5 Å². The molecular formula is C14H20Cl2CuN2. The molecule has 2 nitrogen and oxygen atoms in total. The van der Waals surface area contributed by atoms with E-state index in [0.29, 0.717) is 0 Å². The molecule has 0 aliphatic heterocycles. The van der Waals surface area contributed by atoms with Gasteiger partial charge in [0.05, 0.1) is 11.0 Å². The third-order valence-corrected chi connectivity index (χ3v) is 3.05. The zero-order chi connectivity index (χ0) is 14.1. The van der Waals surface area contributed by atoms with Crippen LogP contribution in [0, 0.1) is 0 Å². The molecule has 2 aromatic rings. The second-order valence-corrected chi connectivity index (χ2v) is 5.82. The van der Waals surface area contributed by atoms with Crippen LogP contribution in [0.4, 0.5) is 0 Å². The number of nitrogens with zero attached hydrogens (tertiary/aromatic N) is 2. The molecule has 2 rings (SSSR count). The van der Waals surface area contributed by atoms with Crippen LogP contribution in [0.1, 0.15) is 38.9 Å². The molecule has 1 heterocycles. The fourth-order valence-corrected chi connectivity index (χ4v) is 2.20. The number of rotatable bonds is 5. The van der Waals surface area contributed by atoms with Crippen LogP contribution in [-0.4, -0.2) is 9.55 Å². The molecule has 19 heavy (non-hydrogen) atoms. The number of hydrogen-bond acceptors (Lipinski definition) is 1. The van der Waals surface area contributed by atoms with Crippen LogP contribution < -0.4 is 0 Å². The van der Waals surface area contributed by atoms with E-state index < -0.39 is 0 Å². The zero-order valence-corrected chi connectivity index (χ0v) is 13.8. The second kappa shape index (κ2) is 9.66. The molecule has 111 valence electrons. The predicted molar refractivity (Wildman–Crippen MR) is 80.3 cm³/mol. The minimum atomic E-state index is 0.757. The maximum absolute atomic E-state index is 4.72. The van der Waals surface area contributed by atoms with Crippen molar-refractivity contribution >= 4 is 31.2 Å². The molecule has 0 saturated carbocycles. The van der Waals surface area contributed by atoms with Gasteiger partial charge in [-0.25, -0.2) is 4.98 Å². The van der Waals surface area contributed by atoms with Crippen LogP contribution in [0.3, 0.4) is 0 Å². The summed E-state index contributed by atoms with van der Waals surface area (Å²) in [7, 11) is 9.34. The average Bonchev–Trinajstić information content (AvgIpc) is 2.77. The van der Waals surface area contributed by atoms with E-state index in [4.69, 9.17) is 4.98 Å². The number of para-hydroxylation sites is 2. The molecule has 0 aliphatic rings. The summed E-state index contributed by atoms with van der Waals surface area (Å²) in [6.07, 6.45) is 4.93. The predicted octanol–water partition coefficient (Wildman–Crippen LogP) is 5.17. The van der Waals surface area contributed by atoms with Crippen molar-refractivity contribution in [3.8, 4) is 0 Å². The molecule has 0 atom stereocenters.